The number of carbonyl (C=O) groups excluding carboxylic acids is 1. The molecule has 0 aromatic rings. The van der Waals surface area contributed by atoms with E-state index in [2.05, 4.69) is 19.1 Å². The molecule has 0 bridgehead atoms. The van der Waals surface area contributed by atoms with Crippen LogP contribution in [0.4, 0.5) is 0 Å². The minimum Gasteiger partial charge on any atom is -0.463 e. The van der Waals surface area contributed by atoms with Crippen LogP contribution in [0.2, 0.25) is 0 Å². The van der Waals surface area contributed by atoms with Crippen LogP contribution < -0.4 is 0 Å². The third-order valence-corrected chi connectivity index (χ3v) is 5.73. The van der Waals surface area contributed by atoms with Gasteiger partial charge in [-0.1, -0.05) is 70.4 Å². The summed E-state index contributed by atoms with van der Waals surface area (Å²) in [4.78, 5) is 11.7. The molecule has 5 N–H and O–H groups in total. The van der Waals surface area contributed by atoms with Crippen molar-refractivity contribution in [1.82, 2.24) is 0 Å². The van der Waals surface area contributed by atoms with Gasteiger partial charge in [-0.15, -0.1) is 0 Å². The summed E-state index contributed by atoms with van der Waals surface area (Å²) >= 11 is 0. The summed E-state index contributed by atoms with van der Waals surface area (Å²) in [6.07, 6.45) is 16.5. The largest absolute Gasteiger partial charge is 0.463 e. The lowest BCUT2D eigenvalue weighted by Gasteiger charge is -2.20. The first-order chi connectivity index (χ1) is 16.5. The number of esters is 1. The number of rotatable bonds is 19. The van der Waals surface area contributed by atoms with Crippen molar-refractivity contribution in [3.63, 3.8) is 0 Å². The van der Waals surface area contributed by atoms with Crippen molar-refractivity contribution in [3.05, 3.63) is 12.2 Å². The van der Waals surface area contributed by atoms with Crippen molar-refractivity contribution in [2.24, 2.45) is 0 Å². The number of carbonyl (C=O) groups is 1. The van der Waals surface area contributed by atoms with Crippen molar-refractivity contribution in [3.8, 4) is 0 Å². The highest BCUT2D eigenvalue weighted by Gasteiger charge is 2.39. The number of allylic oxidation sites excluding steroid dienone is 2. The molecule has 34 heavy (non-hydrogen) atoms. The van der Waals surface area contributed by atoms with Gasteiger partial charge in [0, 0.05) is 6.42 Å². The normalized spacial score (nSPS) is 20.8. The van der Waals surface area contributed by atoms with Crippen molar-refractivity contribution >= 4 is 5.97 Å². The fourth-order valence-electron chi connectivity index (χ4n) is 3.65. The van der Waals surface area contributed by atoms with Gasteiger partial charge in [0.05, 0.1) is 19.8 Å². The smallest absolute Gasteiger partial charge is 0.305 e. The topological polar surface area (TPSA) is 137 Å². The number of aliphatic hydroxyl groups excluding tert-OH is 5. The van der Waals surface area contributed by atoms with E-state index in [-0.39, 0.29) is 32.4 Å². The summed E-state index contributed by atoms with van der Waals surface area (Å²) in [6.45, 7) is 1.75. The molecule has 1 heterocycles. The van der Waals surface area contributed by atoms with E-state index in [0.29, 0.717) is 6.42 Å². The van der Waals surface area contributed by atoms with Crippen molar-refractivity contribution in [1.29, 1.82) is 0 Å². The predicted molar refractivity (Wildman–Crippen MR) is 132 cm³/mol. The van der Waals surface area contributed by atoms with Gasteiger partial charge < -0.3 is 35.0 Å². The Balaban J connectivity index is 0.00000251. The third-order valence-electron chi connectivity index (χ3n) is 5.73. The Morgan fingerprint density at radius 1 is 0.912 bits per heavy atom. The van der Waals surface area contributed by atoms with E-state index in [1.165, 1.54) is 57.8 Å². The molecule has 0 saturated carbocycles. The van der Waals surface area contributed by atoms with Crippen LogP contribution in [0.3, 0.4) is 0 Å². The van der Waals surface area contributed by atoms with Gasteiger partial charge in [-0.2, -0.15) is 0 Å². The number of unbranched alkanes of at least 4 members (excludes halogenated alkanes) is 11. The van der Waals surface area contributed by atoms with E-state index < -0.39 is 24.4 Å². The summed E-state index contributed by atoms with van der Waals surface area (Å²) in [5.41, 5.74) is 0. The molecule has 0 amide bonds. The number of ether oxygens (including phenoxy) is 2. The second-order valence-corrected chi connectivity index (χ2v) is 8.89. The first-order valence-corrected chi connectivity index (χ1v) is 13.2. The lowest BCUT2D eigenvalue weighted by molar-refractivity contribution is -0.151. The summed E-state index contributed by atoms with van der Waals surface area (Å²) in [6, 6.07) is 0. The van der Waals surface area contributed by atoms with Crippen LogP contribution >= 0.6 is 0 Å². The summed E-state index contributed by atoms with van der Waals surface area (Å²) in [7, 11) is 0. The first-order valence-electron chi connectivity index (χ1n) is 13.2. The Morgan fingerprint density at radius 2 is 1.44 bits per heavy atom. The third kappa shape index (κ3) is 18.3. The van der Waals surface area contributed by atoms with Crippen molar-refractivity contribution < 1.29 is 39.8 Å². The maximum absolute atomic E-state index is 11.7. The fourth-order valence-corrected chi connectivity index (χ4v) is 3.65. The van der Waals surface area contributed by atoms with Crippen LogP contribution in [-0.2, 0) is 14.3 Å². The highest BCUT2D eigenvalue weighted by molar-refractivity contribution is 5.69. The maximum Gasteiger partial charge on any atom is 0.305 e. The Kier molecular flexibility index (Phi) is 23.0. The molecule has 1 aliphatic heterocycles. The molecule has 0 radical (unpaired) electrons. The van der Waals surface area contributed by atoms with Crippen LogP contribution in [0.15, 0.2) is 12.2 Å². The van der Waals surface area contributed by atoms with Crippen molar-refractivity contribution in [2.75, 3.05) is 26.4 Å². The monoisotopic (exact) mass is 490 g/mol. The van der Waals surface area contributed by atoms with Gasteiger partial charge in [-0.3, -0.25) is 4.79 Å². The van der Waals surface area contributed by atoms with Gasteiger partial charge >= 0.3 is 5.97 Å². The van der Waals surface area contributed by atoms with E-state index in [4.69, 9.17) is 19.7 Å². The summed E-state index contributed by atoms with van der Waals surface area (Å²) in [5, 5.41) is 44.2. The SMILES string of the molecule is CCCCCCCC/C=C\CCCCCCCC(=O)OC[C@@H](O)[C@H]1OC[C@H](O)[C@H]1O.OCCO. The van der Waals surface area contributed by atoms with Crippen LogP contribution in [0.25, 0.3) is 0 Å². The zero-order chi connectivity index (χ0) is 25.4. The fraction of sp³-hybridized carbons (Fsp3) is 0.885. The number of hydrogen-bond donors (Lipinski definition) is 5. The first kappa shape index (κ1) is 33.0. The Hall–Kier alpha value is -1.03. The second-order valence-electron chi connectivity index (χ2n) is 8.89. The second kappa shape index (κ2) is 23.7. The zero-order valence-electron chi connectivity index (χ0n) is 21.2. The average Bonchev–Trinajstić information content (AvgIpc) is 3.18. The Labute approximate surface area is 206 Å². The number of aliphatic hydroxyl groups is 5. The quantitative estimate of drug-likeness (QED) is 0.106. The molecule has 0 aromatic carbocycles. The summed E-state index contributed by atoms with van der Waals surface area (Å²) in [5.74, 6) is -0.347. The highest BCUT2D eigenvalue weighted by Crippen LogP contribution is 2.18. The van der Waals surface area contributed by atoms with Crippen LogP contribution in [-0.4, -0.2) is 82.3 Å². The lowest BCUT2D eigenvalue weighted by Crippen LogP contribution is -2.41. The minimum atomic E-state index is -1.15. The molecule has 1 fully saturated rings. The van der Waals surface area contributed by atoms with Gasteiger partial charge in [-0.05, 0) is 32.1 Å². The molecule has 8 nitrogen and oxygen atoms in total. The minimum absolute atomic E-state index is 0.0221. The molecule has 1 saturated heterocycles. The van der Waals surface area contributed by atoms with Crippen LogP contribution in [0.1, 0.15) is 96.8 Å². The van der Waals surface area contributed by atoms with E-state index in [1.54, 1.807) is 0 Å². The standard InChI is InChI=1S/C24H44O6.C2H6O2/c1-2-3-4-5-6-7-8-9-10-11-12-13-14-15-16-17-22(27)29-19-21(26)24-23(28)20(25)18-30-24;3-1-2-4/h9-10,20-21,23-26,28H,2-8,11-19H2,1H3;3-4H,1-2H2/b10-9-;/t20-,21+,23+,24+;/m0./s1. The molecule has 0 aliphatic carbocycles. The predicted octanol–water partition coefficient (Wildman–Crippen LogP) is 3.02. The van der Waals surface area contributed by atoms with Gasteiger partial charge in [0.2, 0.25) is 0 Å². The van der Waals surface area contributed by atoms with E-state index >= 15 is 0 Å². The Bertz CT molecular complexity index is 483. The maximum atomic E-state index is 11.7. The molecule has 1 rings (SSSR count). The molecule has 0 spiro atoms. The molecular formula is C26H50O8. The molecular weight excluding hydrogens is 440 g/mol. The van der Waals surface area contributed by atoms with Crippen molar-refractivity contribution in [2.45, 2.75) is 121 Å². The summed E-state index contributed by atoms with van der Waals surface area (Å²) < 4.78 is 10.2. The Morgan fingerprint density at radius 3 is 1.94 bits per heavy atom. The van der Waals surface area contributed by atoms with E-state index in [9.17, 15) is 20.1 Å². The number of hydrogen-bond acceptors (Lipinski definition) is 8. The van der Waals surface area contributed by atoms with E-state index in [0.717, 1.165) is 25.7 Å². The van der Waals surface area contributed by atoms with Crippen LogP contribution in [0.5, 0.6) is 0 Å². The molecule has 0 aromatic heterocycles. The van der Waals surface area contributed by atoms with Gasteiger partial charge in [0.15, 0.2) is 0 Å². The molecule has 4 atom stereocenters. The molecule has 202 valence electrons. The van der Waals surface area contributed by atoms with E-state index in [1.807, 2.05) is 0 Å². The zero-order valence-corrected chi connectivity index (χ0v) is 21.2. The van der Waals surface area contributed by atoms with Crippen LogP contribution in [0, 0.1) is 0 Å². The highest BCUT2D eigenvalue weighted by atomic mass is 16.6. The van der Waals surface area contributed by atoms with Gasteiger partial charge in [0.1, 0.15) is 31.0 Å². The molecule has 8 heteroatoms. The lowest BCUT2D eigenvalue weighted by atomic mass is 10.1. The molecule has 1 aliphatic rings. The van der Waals surface area contributed by atoms with Gasteiger partial charge in [0.25, 0.3) is 0 Å². The molecule has 0 unspecified atom stereocenters. The average molecular weight is 491 g/mol. The van der Waals surface area contributed by atoms with Gasteiger partial charge in [-0.25, -0.2) is 0 Å².